The zero-order valence-electron chi connectivity index (χ0n) is 16.8. The standard InChI is InChI=1S/C21H18N4O6S/c1-13-4-2-3-5-16(13)30-12-19(26)23-24-21(32)22-20(27)18-11-10-17(31-18)14-6-8-15(9-7-14)25(28)29/h2-11H,12H2,1H3,(H,23,26)(H2,22,24,27,32). The molecule has 0 aliphatic rings. The fourth-order valence-electron chi connectivity index (χ4n) is 2.58. The van der Waals surface area contributed by atoms with Gasteiger partial charge in [0, 0.05) is 17.7 Å². The lowest BCUT2D eigenvalue weighted by Gasteiger charge is -2.11. The molecule has 2 aromatic carbocycles. The van der Waals surface area contributed by atoms with Gasteiger partial charge in [-0.3, -0.25) is 35.9 Å². The number of nitrogens with one attached hydrogen (secondary N) is 3. The SMILES string of the molecule is Cc1ccccc1OCC(=O)NNC(=S)NC(=O)c1ccc(-c2ccc([N+](=O)[O-])cc2)o1. The third-order valence-electron chi connectivity index (χ3n) is 4.19. The van der Waals surface area contributed by atoms with Gasteiger partial charge < -0.3 is 9.15 Å². The van der Waals surface area contributed by atoms with E-state index in [1.165, 1.54) is 30.3 Å². The molecular formula is C21H18N4O6S. The number of rotatable bonds is 6. The number of amides is 2. The van der Waals surface area contributed by atoms with E-state index in [9.17, 15) is 19.7 Å². The maximum atomic E-state index is 12.3. The van der Waals surface area contributed by atoms with Crippen molar-refractivity contribution in [2.45, 2.75) is 6.92 Å². The molecule has 3 aromatic rings. The molecule has 0 saturated heterocycles. The number of thiocarbonyl (C=S) groups is 1. The van der Waals surface area contributed by atoms with Gasteiger partial charge in [0.1, 0.15) is 11.5 Å². The highest BCUT2D eigenvalue weighted by Crippen LogP contribution is 2.24. The van der Waals surface area contributed by atoms with E-state index in [1.807, 2.05) is 19.1 Å². The van der Waals surface area contributed by atoms with Crippen molar-refractivity contribution in [1.29, 1.82) is 0 Å². The van der Waals surface area contributed by atoms with Crippen LogP contribution in [0.4, 0.5) is 5.69 Å². The Kier molecular flexibility index (Phi) is 7.13. The van der Waals surface area contributed by atoms with Crippen molar-refractivity contribution in [3.63, 3.8) is 0 Å². The number of para-hydroxylation sites is 1. The summed E-state index contributed by atoms with van der Waals surface area (Å²) in [7, 11) is 0. The predicted octanol–water partition coefficient (Wildman–Crippen LogP) is 2.88. The number of non-ortho nitro benzene ring substituents is 1. The van der Waals surface area contributed by atoms with E-state index in [1.54, 1.807) is 18.2 Å². The Morgan fingerprint density at radius 3 is 2.47 bits per heavy atom. The Balaban J connectivity index is 1.47. The summed E-state index contributed by atoms with van der Waals surface area (Å²) in [6, 6.07) is 15.9. The first-order valence-corrected chi connectivity index (χ1v) is 9.67. The first-order chi connectivity index (χ1) is 15.3. The smallest absolute Gasteiger partial charge is 0.293 e. The molecule has 0 unspecified atom stereocenters. The predicted molar refractivity (Wildman–Crippen MR) is 119 cm³/mol. The minimum Gasteiger partial charge on any atom is -0.483 e. The lowest BCUT2D eigenvalue weighted by Crippen LogP contribution is -2.49. The topological polar surface area (TPSA) is 136 Å². The molecule has 0 atom stereocenters. The summed E-state index contributed by atoms with van der Waals surface area (Å²) >= 11 is 4.98. The second-order valence-corrected chi connectivity index (χ2v) is 6.89. The van der Waals surface area contributed by atoms with Gasteiger partial charge in [-0.25, -0.2) is 0 Å². The molecule has 0 aliphatic heterocycles. The van der Waals surface area contributed by atoms with E-state index in [2.05, 4.69) is 16.2 Å². The Bertz CT molecular complexity index is 1160. The number of hydrogen-bond acceptors (Lipinski definition) is 7. The second kappa shape index (κ2) is 10.2. The maximum absolute atomic E-state index is 12.3. The van der Waals surface area contributed by atoms with Crippen LogP contribution in [0.15, 0.2) is 65.1 Å². The first-order valence-electron chi connectivity index (χ1n) is 9.27. The number of ether oxygens (including phenoxy) is 1. The molecule has 0 fully saturated rings. The van der Waals surface area contributed by atoms with Crippen LogP contribution in [0.1, 0.15) is 16.1 Å². The third kappa shape index (κ3) is 5.89. The number of hydrogen-bond donors (Lipinski definition) is 3. The summed E-state index contributed by atoms with van der Waals surface area (Å²) in [5.74, 6) is -0.230. The van der Waals surface area contributed by atoms with Gasteiger partial charge in [0.05, 0.1) is 4.92 Å². The minimum atomic E-state index is -0.638. The van der Waals surface area contributed by atoms with Crippen molar-refractivity contribution < 1.29 is 23.7 Å². The quantitative estimate of drug-likeness (QED) is 0.294. The number of nitro benzene ring substituents is 1. The van der Waals surface area contributed by atoms with Crippen LogP contribution in [-0.4, -0.2) is 28.5 Å². The van der Waals surface area contributed by atoms with Gasteiger partial charge in [0.15, 0.2) is 17.5 Å². The number of carbonyl (C=O) groups excluding carboxylic acids is 2. The number of carbonyl (C=O) groups is 2. The van der Waals surface area contributed by atoms with Gasteiger partial charge in [0.2, 0.25) is 0 Å². The average molecular weight is 454 g/mol. The van der Waals surface area contributed by atoms with Crippen molar-refractivity contribution in [2.24, 2.45) is 0 Å². The monoisotopic (exact) mass is 454 g/mol. The van der Waals surface area contributed by atoms with Crippen LogP contribution >= 0.6 is 12.2 Å². The van der Waals surface area contributed by atoms with Crippen molar-refractivity contribution in [3.05, 3.63) is 82.1 Å². The van der Waals surface area contributed by atoms with Crippen LogP contribution < -0.4 is 20.9 Å². The zero-order chi connectivity index (χ0) is 23.1. The Labute approximate surface area is 187 Å². The molecule has 3 N–H and O–H groups in total. The summed E-state index contributed by atoms with van der Waals surface area (Å²) in [6.45, 7) is 1.61. The van der Waals surface area contributed by atoms with E-state index < -0.39 is 16.7 Å². The van der Waals surface area contributed by atoms with Crippen LogP contribution in [0.5, 0.6) is 5.75 Å². The fraction of sp³-hybridized carbons (Fsp3) is 0.0952. The molecule has 10 nitrogen and oxygen atoms in total. The van der Waals surface area contributed by atoms with Crippen LogP contribution in [0.25, 0.3) is 11.3 Å². The molecule has 32 heavy (non-hydrogen) atoms. The van der Waals surface area contributed by atoms with Gasteiger partial charge in [0.25, 0.3) is 17.5 Å². The van der Waals surface area contributed by atoms with Gasteiger partial charge in [-0.05, 0) is 55.0 Å². The highest BCUT2D eigenvalue weighted by molar-refractivity contribution is 7.80. The van der Waals surface area contributed by atoms with Crippen molar-refractivity contribution >= 4 is 34.8 Å². The van der Waals surface area contributed by atoms with Crippen LogP contribution in [0, 0.1) is 17.0 Å². The van der Waals surface area contributed by atoms with Gasteiger partial charge in [-0.1, -0.05) is 18.2 Å². The summed E-state index contributed by atoms with van der Waals surface area (Å²) in [4.78, 5) is 34.4. The number of hydrazine groups is 1. The molecule has 0 saturated carbocycles. The highest BCUT2D eigenvalue weighted by atomic mass is 32.1. The van der Waals surface area contributed by atoms with Gasteiger partial charge in [-0.15, -0.1) is 0 Å². The van der Waals surface area contributed by atoms with Crippen LogP contribution in [-0.2, 0) is 4.79 Å². The van der Waals surface area contributed by atoms with E-state index in [-0.39, 0.29) is 23.2 Å². The van der Waals surface area contributed by atoms with Gasteiger partial charge >= 0.3 is 0 Å². The maximum Gasteiger partial charge on any atom is 0.293 e. The molecule has 2 amide bonds. The molecule has 1 aromatic heterocycles. The molecule has 0 bridgehead atoms. The number of nitro groups is 1. The normalized spacial score (nSPS) is 10.2. The number of nitrogens with zero attached hydrogens (tertiary/aromatic N) is 1. The van der Waals surface area contributed by atoms with Crippen LogP contribution in [0.3, 0.4) is 0 Å². The first kappa shape index (κ1) is 22.4. The Morgan fingerprint density at radius 1 is 1.06 bits per heavy atom. The van der Waals surface area contributed by atoms with Crippen LogP contribution in [0.2, 0.25) is 0 Å². The number of aryl methyl sites for hydroxylation is 1. The molecule has 0 aliphatic carbocycles. The Morgan fingerprint density at radius 2 is 1.78 bits per heavy atom. The van der Waals surface area contributed by atoms with Crippen molar-refractivity contribution in [1.82, 2.24) is 16.2 Å². The van der Waals surface area contributed by atoms with E-state index in [0.29, 0.717) is 17.1 Å². The number of benzene rings is 2. The molecule has 3 rings (SSSR count). The molecule has 0 radical (unpaired) electrons. The van der Waals surface area contributed by atoms with Crippen molar-refractivity contribution in [2.75, 3.05) is 6.61 Å². The molecule has 1 heterocycles. The third-order valence-corrected chi connectivity index (χ3v) is 4.39. The van der Waals surface area contributed by atoms with E-state index in [0.717, 1.165) is 5.56 Å². The van der Waals surface area contributed by atoms with Gasteiger partial charge in [-0.2, -0.15) is 0 Å². The summed E-state index contributed by atoms with van der Waals surface area (Å²) in [5.41, 5.74) is 6.13. The molecule has 164 valence electrons. The lowest BCUT2D eigenvalue weighted by molar-refractivity contribution is -0.384. The van der Waals surface area contributed by atoms with E-state index >= 15 is 0 Å². The second-order valence-electron chi connectivity index (χ2n) is 6.48. The average Bonchev–Trinajstić information content (AvgIpc) is 3.28. The molecule has 0 spiro atoms. The lowest BCUT2D eigenvalue weighted by atomic mass is 10.1. The number of furan rings is 1. The fourth-order valence-corrected chi connectivity index (χ4v) is 2.73. The highest BCUT2D eigenvalue weighted by Gasteiger charge is 2.15. The molecule has 11 heteroatoms. The van der Waals surface area contributed by atoms with E-state index in [4.69, 9.17) is 21.4 Å². The summed E-state index contributed by atoms with van der Waals surface area (Å²) < 4.78 is 10.9. The molecular weight excluding hydrogens is 436 g/mol. The Hall–Kier alpha value is -4.25. The minimum absolute atomic E-state index is 0.0308. The zero-order valence-corrected chi connectivity index (χ0v) is 17.6. The summed E-state index contributed by atoms with van der Waals surface area (Å²) in [5, 5.41) is 13.0. The largest absolute Gasteiger partial charge is 0.483 e. The van der Waals surface area contributed by atoms with Crippen molar-refractivity contribution in [3.8, 4) is 17.1 Å². The summed E-state index contributed by atoms with van der Waals surface area (Å²) in [6.07, 6.45) is 0.